The van der Waals surface area contributed by atoms with E-state index in [4.69, 9.17) is 0 Å². The molecule has 0 aliphatic rings. The molecule has 0 spiro atoms. The van der Waals surface area contributed by atoms with E-state index in [9.17, 15) is 0 Å². The lowest BCUT2D eigenvalue weighted by atomic mass is 10.1. The first-order chi connectivity index (χ1) is 7.72. The average Bonchev–Trinajstić information content (AvgIpc) is 2.41. The smallest absolute Gasteiger partial charge is 0.0262 e. The van der Waals surface area contributed by atoms with E-state index in [-0.39, 0.29) is 0 Å². The minimum absolute atomic E-state index is 0.845. The SMILES string of the molecule is C=C.C=C/C=C\C(=C)C(=C)C=C.CC.CC. The van der Waals surface area contributed by atoms with Gasteiger partial charge in [-0.15, -0.1) is 13.2 Å². The van der Waals surface area contributed by atoms with E-state index >= 15 is 0 Å². The fraction of sp³-hybridized carbons (Fsp3) is 0.250. The van der Waals surface area contributed by atoms with Gasteiger partial charge >= 0.3 is 0 Å². The van der Waals surface area contributed by atoms with Gasteiger partial charge in [0.1, 0.15) is 0 Å². The van der Waals surface area contributed by atoms with Crippen LogP contribution in [0.1, 0.15) is 27.7 Å². The summed E-state index contributed by atoms with van der Waals surface area (Å²) < 4.78 is 0. The van der Waals surface area contributed by atoms with Crippen molar-refractivity contribution in [2.75, 3.05) is 0 Å². The Balaban J connectivity index is -0.000000103. The fourth-order valence-electron chi connectivity index (χ4n) is 0.422. The molecule has 0 unspecified atom stereocenters. The Morgan fingerprint density at radius 1 is 0.812 bits per heavy atom. The molecule has 16 heavy (non-hydrogen) atoms. The molecule has 0 amide bonds. The third-order valence-corrected chi connectivity index (χ3v) is 1.09. The molecule has 0 aromatic carbocycles. The van der Waals surface area contributed by atoms with Crippen molar-refractivity contribution in [2.45, 2.75) is 27.7 Å². The predicted molar refractivity (Wildman–Crippen MR) is 81.8 cm³/mol. The zero-order valence-electron chi connectivity index (χ0n) is 11.6. The second-order valence-corrected chi connectivity index (χ2v) is 1.85. The summed E-state index contributed by atoms with van der Waals surface area (Å²) in [5, 5.41) is 0. The highest BCUT2D eigenvalue weighted by Gasteiger charge is 1.86. The van der Waals surface area contributed by atoms with Crippen LogP contribution in [0.4, 0.5) is 0 Å². The van der Waals surface area contributed by atoms with Gasteiger partial charge in [0.15, 0.2) is 0 Å². The summed E-state index contributed by atoms with van der Waals surface area (Å²) in [6.07, 6.45) is 7.03. The van der Waals surface area contributed by atoms with Crippen LogP contribution in [0.3, 0.4) is 0 Å². The molecule has 0 aliphatic carbocycles. The van der Waals surface area contributed by atoms with E-state index in [0.29, 0.717) is 0 Å². The molecule has 0 nitrogen and oxygen atoms in total. The van der Waals surface area contributed by atoms with E-state index in [0.717, 1.165) is 11.1 Å². The second kappa shape index (κ2) is 29.2. The number of rotatable bonds is 4. The summed E-state index contributed by atoms with van der Waals surface area (Å²) >= 11 is 0. The molecule has 0 saturated carbocycles. The van der Waals surface area contributed by atoms with Crippen molar-refractivity contribution in [1.29, 1.82) is 0 Å². The van der Waals surface area contributed by atoms with Crippen LogP contribution in [0, 0.1) is 0 Å². The van der Waals surface area contributed by atoms with Gasteiger partial charge in [0.05, 0.1) is 0 Å². The summed E-state index contributed by atoms with van der Waals surface area (Å²) in [6.45, 7) is 28.6. The lowest BCUT2D eigenvalue weighted by Gasteiger charge is -1.94. The Labute approximate surface area is 103 Å². The Bertz CT molecular complexity index is 204. The third kappa shape index (κ3) is 22.9. The molecule has 0 aromatic rings. The van der Waals surface area contributed by atoms with Gasteiger partial charge in [-0.1, -0.05) is 78.3 Å². The highest BCUT2D eigenvalue weighted by atomic mass is 13.9. The van der Waals surface area contributed by atoms with E-state index in [1.807, 2.05) is 39.8 Å². The molecule has 0 atom stereocenters. The molecule has 0 heteroatoms. The molecule has 0 N–H and O–H groups in total. The van der Waals surface area contributed by atoms with Gasteiger partial charge in [-0.05, 0) is 11.1 Å². The normalized spacial score (nSPS) is 6.75. The van der Waals surface area contributed by atoms with Gasteiger partial charge in [0, 0.05) is 0 Å². The van der Waals surface area contributed by atoms with Gasteiger partial charge in [-0.3, -0.25) is 0 Å². The quantitative estimate of drug-likeness (QED) is 0.410. The molecule has 0 rings (SSSR count). The maximum absolute atomic E-state index is 3.76. The first-order valence-corrected chi connectivity index (χ1v) is 5.52. The molecule has 0 saturated heterocycles. The Morgan fingerprint density at radius 3 is 1.44 bits per heavy atom. The summed E-state index contributed by atoms with van der Waals surface area (Å²) in [4.78, 5) is 0. The number of hydrogen-bond acceptors (Lipinski definition) is 0. The molecular formula is C16H28. The topological polar surface area (TPSA) is 0 Å². The van der Waals surface area contributed by atoms with Crippen LogP contribution >= 0.6 is 0 Å². The van der Waals surface area contributed by atoms with Gasteiger partial charge in [0.25, 0.3) is 0 Å². The van der Waals surface area contributed by atoms with E-state index in [2.05, 4.69) is 39.5 Å². The molecule has 0 aliphatic heterocycles. The summed E-state index contributed by atoms with van der Waals surface area (Å²) in [5.74, 6) is 0. The number of hydrogen-bond donors (Lipinski definition) is 0. The monoisotopic (exact) mass is 220 g/mol. The van der Waals surface area contributed by atoms with Gasteiger partial charge in [0.2, 0.25) is 0 Å². The minimum atomic E-state index is 0.845. The summed E-state index contributed by atoms with van der Waals surface area (Å²) in [6, 6.07) is 0. The van der Waals surface area contributed by atoms with Crippen molar-refractivity contribution in [3.8, 4) is 0 Å². The van der Waals surface area contributed by atoms with Crippen molar-refractivity contribution in [3.63, 3.8) is 0 Å². The van der Waals surface area contributed by atoms with Crippen LogP contribution in [0.25, 0.3) is 0 Å². The Kier molecular flexibility index (Phi) is 43.7. The standard InChI is InChI=1S/C10H12.2C2H6.C2H4/c1-5-7-8-10(4)9(3)6-2;3*1-2/h5-8H,1-4H2;2*1-2H3;1-2H2/b8-7-;;;. The highest BCUT2D eigenvalue weighted by Crippen LogP contribution is 2.06. The summed E-state index contributed by atoms with van der Waals surface area (Å²) in [5.41, 5.74) is 1.72. The van der Waals surface area contributed by atoms with E-state index in [1.165, 1.54) is 0 Å². The van der Waals surface area contributed by atoms with Crippen molar-refractivity contribution in [2.24, 2.45) is 0 Å². The first-order valence-electron chi connectivity index (χ1n) is 5.52. The third-order valence-electron chi connectivity index (χ3n) is 1.09. The molecule has 0 bridgehead atoms. The van der Waals surface area contributed by atoms with E-state index in [1.54, 1.807) is 12.2 Å². The maximum atomic E-state index is 3.76. The van der Waals surface area contributed by atoms with Gasteiger partial charge in [-0.2, -0.15) is 0 Å². The van der Waals surface area contributed by atoms with Crippen LogP contribution in [0.5, 0.6) is 0 Å². The molecule has 0 radical (unpaired) electrons. The van der Waals surface area contributed by atoms with Crippen LogP contribution in [0.2, 0.25) is 0 Å². The van der Waals surface area contributed by atoms with Crippen molar-refractivity contribution in [3.05, 3.63) is 74.9 Å². The second-order valence-electron chi connectivity index (χ2n) is 1.85. The zero-order chi connectivity index (χ0) is 14.0. The van der Waals surface area contributed by atoms with Gasteiger partial charge in [-0.25, -0.2) is 0 Å². The minimum Gasteiger partial charge on any atom is -0.106 e. The lowest BCUT2D eigenvalue weighted by molar-refractivity contribution is 1.50. The highest BCUT2D eigenvalue weighted by molar-refractivity contribution is 5.42. The lowest BCUT2D eigenvalue weighted by Crippen LogP contribution is -1.74. The van der Waals surface area contributed by atoms with Crippen LogP contribution in [-0.4, -0.2) is 0 Å². The van der Waals surface area contributed by atoms with Crippen molar-refractivity contribution < 1.29 is 0 Å². The first kappa shape index (κ1) is 23.9. The summed E-state index contributed by atoms with van der Waals surface area (Å²) in [7, 11) is 0. The molecule has 0 fully saturated rings. The van der Waals surface area contributed by atoms with Crippen LogP contribution < -0.4 is 0 Å². The predicted octanol–water partition coefficient (Wildman–Crippen LogP) is 5.88. The van der Waals surface area contributed by atoms with Crippen LogP contribution in [0.15, 0.2) is 74.9 Å². The van der Waals surface area contributed by atoms with Crippen molar-refractivity contribution in [1.82, 2.24) is 0 Å². The average molecular weight is 220 g/mol. The van der Waals surface area contributed by atoms with Crippen molar-refractivity contribution >= 4 is 0 Å². The molecule has 0 aromatic heterocycles. The Hall–Kier alpha value is -1.56. The maximum Gasteiger partial charge on any atom is -0.0262 e. The number of allylic oxidation sites excluding steroid dienone is 6. The molecule has 92 valence electrons. The molecule has 0 heterocycles. The fourth-order valence-corrected chi connectivity index (χ4v) is 0.422. The largest absolute Gasteiger partial charge is 0.106 e. The molecular weight excluding hydrogens is 192 g/mol. The van der Waals surface area contributed by atoms with Crippen LogP contribution in [-0.2, 0) is 0 Å². The Morgan fingerprint density at radius 2 is 1.19 bits per heavy atom. The van der Waals surface area contributed by atoms with E-state index < -0.39 is 0 Å². The van der Waals surface area contributed by atoms with Gasteiger partial charge < -0.3 is 0 Å². The zero-order valence-corrected chi connectivity index (χ0v) is 11.6.